The molecule has 136 valence electrons. The number of nitrogens with one attached hydrogen (secondary N) is 1. The lowest BCUT2D eigenvalue weighted by Gasteiger charge is -2.18. The maximum absolute atomic E-state index is 12.7. The molecular formula is C19H21N3O4. The monoisotopic (exact) mass is 355 g/mol. The maximum Gasteiger partial charge on any atom is 0.258 e. The summed E-state index contributed by atoms with van der Waals surface area (Å²) in [6.45, 7) is 0.608. The Hall–Kier alpha value is -2.93. The second-order valence-corrected chi connectivity index (χ2v) is 5.99. The number of methoxy groups -OCH3 is 1. The normalized spacial score (nSPS) is 16.2. The molecule has 26 heavy (non-hydrogen) atoms. The van der Waals surface area contributed by atoms with Gasteiger partial charge in [0.05, 0.1) is 19.0 Å². The van der Waals surface area contributed by atoms with Crippen LogP contribution in [0.3, 0.4) is 0 Å². The molecule has 3 rings (SSSR count). The molecule has 0 bridgehead atoms. The van der Waals surface area contributed by atoms with Crippen molar-refractivity contribution in [2.24, 2.45) is 0 Å². The SMILES string of the molecule is COc1ccc(N(C)C(=O)c2cccc(NC(=O)[C@@H]3CCCO3)c2)cn1. The van der Waals surface area contributed by atoms with Gasteiger partial charge in [0.15, 0.2) is 0 Å². The molecule has 1 aliphatic heterocycles. The Bertz CT molecular complexity index is 786. The molecule has 1 aliphatic rings. The third kappa shape index (κ3) is 4.00. The molecule has 0 saturated carbocycles. The van der Waals surface area contributed by atoms with Crippen LogP contribution < -0.4 is 15.0 Å². The number of hydrogen-bond donors (Lipinski definition) is 1. The Morgan fingerprint density at radius 1 is 1.31 bits per heavy atom. The van der Waals surface area contributed by atoms with Crippen molar-refractivity contribution in [3.8, 4) is 5.88 Å². The summed E-state index contributed by atoms with van der Waals surface area (Å²) in [5.41, 5.74) is 1.68. The van der Waals surface area contributed by atoms with Crippen LogP contribution in [0.15, 0.2) is 42.6 Å². The van der Waals surface area contributed by atoms with Gasteiger partial charge < -0.3 is 19.7 Å². The van der Waals surface area contributed by atoms with Gasteiger partial charge in [0, 0.05) is 31.0 Å². The summed E-state index contributed by atoms with van der Waals surface area (Å²) in [6, 6.07) is 10.3. The number of carbonyl (C=O) groups excluding carboxylic acids is 2. The van der Waals surface area contributed by atoms with E-state index in [2.05, 4.69) is 10.3 Å². The highest BCUT2D eigenvalue weighted by Gasteiger charge is 2.23. The van der Waals surface area contributed by atoms with Gasteiger partial charge in [-0.05, 0) is 37.1 Å². The van der Waals surface area contributed by atoms with Gasteiger partial charge in [0.1, 0.15) is 6.10 Å². The number of aromatic nitrogens is 1. The van der Waals surface area contributed by atoms with E-state index >= 15 is 0 Å². The van der Waals surface area contributed by atoms with E-state index in [1.807, 2.05) is 0 Å². The molecule has 0 aliphatic carbocycles. The van der Waals surface area contributed by atoms with Gasteiger partial charge in [-0.15, -0.1) is 0 Å². The fraction of sp³-hybridized carbons (Fsp3) is 0.316. The van der Waals surface area contributed by atoms with Crippen LogP contribution in [0.1, 0.15) is 23.2 Å². The van der Waals surface area contributed by atoms with Gasteiger partial charge in [-0.2, -0.15) is 0 Å². The largest absolute Gasteiger partial charge is 0.481 e. The summed E-state index contributed by atoms with van der Waals surface area (Å²) >= 11 is 0. The number of carbonyl (C=O) groups is 2. The Kier molecular flexibility index (Phi) is 5.48. The van der Waals surface area contributed by atoms with Crippen LogP contribution in [0.4, 0.5) is 11.4 Å². The quantitative estimate of drug-likeness (QED) is 0.891. The number of ether oxygens (including phenoxy) is 2. The van der Waals surface area contributed by atoms with Gasteiger partial charge >= 0.3 is 0 Å². The summed E-state index contributed by atoms with van der Waals surface area (Å²) in [6.07, 6.45) is 2.76. The maximum atomic E-state index is 12.7. The fourth-order valence-corrected chi connectivity index (χ4v) is 2.74. The summed E-state index contributed by atoms with van der Waals surface area (Å²) < 4.78 is 10.4. The molecule has 2 heterocycles. The van der Waals surface area contributed by atoms with E-state index in [1.54, 1.807) is 49.6 Å². The summed E-state index contributed by atoms with van der Waals surface area (Å²) in [4.78, 5) is 30.5. The zero-order valence-electron chi connectivity index (χ0n) is 14.8. The van der Waals surface area contributed by atoms with Gasteiger partial charge in [-0.25, -0.2) is 4.98 Å². The van der Waals surface area contributed by atoms with E-state index in [9.17, 15) is 9.59 Å². The summed E-state index contributed by atoms with van der Waals surface area (Å²) in [7, 11) is 3.21. The van der Waals surface area contributed by atoms with Gasteiger partial charge in [-0.3, -0.25) is 9.59 Å². The van der Waals surface area contributed by atoms with Crippen molar-refractivity contribution in [2.75, 3.05) is 31.0 Å². The van der Waals surface area contributed by atoms with Crippen molar-refractivity contribution in [2.45, 2.75) is 18.9 Å². The minimum absolute atomic E-state index is 0.181. The molecule has 1 saturated heterocycles. The van der Waals surface area contributed by atoms with Crippen molar-refractivity contribution in [3.63, 3.8) is 0 Å². The number of rotatable bonds is 5. The molecule has 1 aromatic carbocycles. The lowest BCUT2D eigenvalue weighted by molar-refractivity contribution is -0.124. The first-order valence-corrected chi connectivity index (χ1v) is 8.39. The number of nitrogens with zero attached hydrogens (tertiary/aromatic N) is 2. The van der Waals surface area contributed by atoms with E-state index in [4.69, 9.17) is 9.47 Å². The highest BCUT2D eigenvalue weighted by molar-refractivity contribution is 6.06. The van der Waals surface area contributed by atoms with E-state index < -0.39 is 6.10 Å². The lowest BCUT2D eigenvalue weighted by atomic mass is 10.1. The molecule has 7 nitrogen and oxygen atoms in total. The topological polar surface area (TPSA) is 80.8 Å². The van der Waals surface area contributed by atoms with Crippen molar-refractivity contribution in [1.29, 1.82) is 0 Å². The third-order valence-electron chi connectivity index (χ3n) is 4.22. The Morgan fingerprint density at radius 2 is 2.15 bits per heavy atom. The molecule has 1 atom stereocenters. The van der Waals surface area contributed by atoms with E-state index in [0.717, 1.165) is 12.8 Å². The van der Waals surface area contributed by atoms with Crippen LogP contribution in [0.25, 0.3) is 0 Å². The zero-order chi connectivity index (χ0) is 18.5. The number of pyridine rings is 1. The van der Waals surface area contributed by atoms with Crippen LogP contribution in [0, 0.1) is 0 Å². The minimum atomic E-state index is -0.414. The predicted octanol–water partition coefficient (Wildman–Crippen LogP) is 2.48. The number of benzene rings is 1. The third-order valence-corrected chi connectivity index (χ3v) is 4.22. The second-order valence-electron chi connectivity index (χ2n) is 5.99. The fourth-order valence-electron chi connectivity index (χ4n) is 2.74. The Labute approximate surface area is 151 Å². The molecule has 1 aromatic heterocycles. The molecule has 2 aromatic rings. The highest BCUT2D eigenvalue weighted by atomic mass is 16.5. The van der Waals surface area contributed by atoms with Crippen LogP contribution in [0.5, 0.6) is 5.88 Å². The molecule has 0 unspecified atom stereocenters. The summed E-state index contributed by atoms with van der Waals surface area (Å²) in [5.74, 6) is 0.0958. The van der Waals surface area contributed by atoms with E-state index in [-0.39, 0.29) is 11.8 Å². The van der Waals surface area contributed by atoms with Crippen LogP contribution in [-0.4, -0.2) is 43.7 Å². The first-order chi connectivity index (χ1) is 12.6. The van der Waals surface area contributed by atoms with Crippen LogP contribution in [-0.2, 0) is 9.53 Å². The van der Waals surface area contributed by atoms with E-state index in [1.165, 1.54) is 12.0 Å². The Balaban J connectivity index is 1.71. The zero-order valence-corrected chi connectivity index (χ0v) is 14.8. The molecule has 2 amide bonds. The molecule has 1 fully saturated rings. The molecule has 7 heteroatoms. The first kappa shape index (κ1) is 17.9. The highest BCUT2D eigenvalue weighted by Crippen LogP contribution is 2.20. The van der Waals surface area contributed by atoms with Crippen molar-refractivity contribution in [3.05, 3.63) is 48.2 Å². The lowest BCUT2D eigenvalue weighted by Crippen LogP contribution is -2.28. The molecule has 1 N–H and O–H groups in total. The molecule has 0 spiro atoms. The van der Waals surface area contributed by atoms with E-state index in [0.29, 0.717) is 29.4 Å². The van der Waals surface area contributed by atoms with Crippen LogP contribution >= 0.6 is 0 Å². The van der Waals surface area contributed by atoms with Gasteiger partial charge in [0.25, 0.3) is 11.8 Å². The standard InChI is InChI=1S/C19H21N3O4/c1-22(15-8-9-17(25-2)20-12-15)19(24)13-5-3-6-14(11-13)21-18(23)16-7-4-10-26-16/h3,5-6,8-9,11-12,16H,4,7,10H2,1-2H3,(H,21,23)/t16-/m0/s1. The smallest absolute Gasteiger partial charge is 0.258 e. The molecule has 0 radical (unpaired) electrons. The van der Waals surface area contributed by atoms with Crippen molar-refractivity contribution < 1.29 is 19.1 Å². The minimum Gasteiger partial charge on any atom is -0.481 e. The van der Waals surface area contributed by atoms with Gasteiger partial charge in [-0.1, -0.05) is 6.07 Å². The predicted molar refractivity (Wildman–Crippen MR) is 97.6 cm³/mol. The second kappa shape index (κ2) is 7.97. The molecular weight excluding hydrogens is 334 g/mol. The Morgan fingerprint density at radius 3 is 2.81 bits per heavy atom. The average Bonchev–Trinajstić information content (AvgIpc) is 3.22. The van der Waals surface area contributed by atoms with Crippen molar-refractivity contribution in [1.82, 2.24) is 4.98 Å². The first-order valence-electron chi connectivity index (χ1n) is 8.39. The summed E-state index contributed by atoms with van der Waals surface area (Å²) in [5, 5.41) is 2.81. The van der Waals surface area contributed by atoms with Gasteiger partial charge in [0.2, 0.25) is 5.88 Å². The van der Waals surface area contributed by atoms with Crippen molar-refractivity contribution >= 4 is 23.2 Å². The number of anilines is 2. The average molecular weight is 355 g/mol. The number of hydrogen-bond acceptors (Lipinski definition) is 5. The number of amides is 2. The van der Waals surface area contributed by atoms with Crippen LogP contribution in [0.2, 0.25) is 0 Å².